The molecule has 0 saturated heterocycles. The van der Waals surface area contributed by atoms with Gasteiger partial charge in [0.1, 0.15) is 0 Å². The van der Waals surface area contributed by atoms with Crippen molar-refractivity contribution in [1.29, 1.82) is 0 Å². The van der Waals surface area contributed by atoms with Crippen molar-refractivity contribution in [2.75, 3.05) is 6.54 Å². The Morgan fingerprint density at radius 2 is 1.74 bits per heavy atom. The number of rotatable bonds is 8. The van der Waals surface area contributed by atoms with Crippen LogP contribution in [0.2, 0.25) is 0 Å². The molecule has 0 bridgehead atoms. The SMILES string of the molecule is CCCCN(Cc1cccn1Cc1ccccc1)C(=O)c1ccccc1Br. The molecule has 3 rings (SSSR count). The Labute approximate surface area is 169 Å². The molecule has 0 spiro atoms. The molecule has 4 heteroatoms. The van der Waals surface area contributed by atoms with Gasteiger partial charge in [0.25, 0.3) is 5.91 Å². The van der Waals surface area contributed by atoms with Crippen LogP contribution in [0.1, 0.15) is 41.4 Å². The van der Waals surface area contributed by atoms with E-state index < -0.39 is 0 Å². The lowest BCUT2D eigenvalue weighted by Crippen LogP contribution is -2.32. The van der Waals surface area contributed by atoms with E-state index >= 15 is 0 Å². The van der Waals surface area contributed by atoms with Crippen molar-refractivity contribution in [3.63, 3.8) is 0 Å². The average molecular weight is 425 g/mol. The lowest BCUT2D eigenvalue weighted by atomic mass is 10.1. The fraction of sp³-hybridized carbons (Fsp3) is 0.261. The van der Waals surface area contributed by atoms with E-state index in [0.29, 0.717) is 6.54 Å². The summed E-state index contributed by atoms with van der Waals surface area (Å²) in [5.41, 5.74) is 3.12. The highest BCUT2D eigenvalue weighted by molar-refractivity contribution is 9.10. The molecule has 0 fully saturated rings. The zero-order valence-corrected chi connectivity index (χ0v) is 17.2. The first-order valence-corrected chi connectivity index (χ1v) is 10.2. The van der Waals surface area contributed by atoms with Crippen molar-refractivity contribution in [1.82, 2.24) is 9.47 Å². The van der Waals surface area contributed by atoms with E-state index in [1.54, 1.807) is 0 Å². The number of aromatic nitrogens is 1. The average Bonchev–Trinajstić information content (AvgIpc) is 3.12. The first kappa shape index (κ1) is 19.4. The number of halogens is 1. The molecular weight excluding hydrogens is 400 g/mol. The number of hydrogen-bond acceptors (Lipinski definition) is 1. The van der Waals surface area contributed by atoms with Gasteiger partial charge in [-0.15, -0.1) is 0 Å². The number of benzene rings is 2. The Kier molecular flexibility index (Phi) is 6.88. The second-order valence-corrected chi connectivity index (χ2v) is 7.53. The molecule has 0 radical (unpaired) electrons. The highest BCUT2D eigenvalue weighted by Gasteiger charge is 2.19. The van der Waals surface area contributed by atoms with E-state index in [-0.39, 0.29) is 5.91 Å². The molecule has 0 unspecified atom stereocenters. The molecule has 3 nitrogen and oxygen atoms in total. The smallest absolute Gasteiger partial charge is 0.255 e. The Morgan fingerprint density at radius 3 is 2.48 bits per heavy atom. The third kappa shape index (κ3) is 5.10. The molecule has 1 heterocycles. The second kappa shape index (κ2) is 9.56. The van der Waals surface area contributed by atoms with Crippen LogP contribution in [0.4, 0.5) is 0 Å². The maximum atomic E-state index is 13.2. The topological polar surface area (TPSA) is 25.2 Å². The number of carbonyl (C=O) groups excluding carboxylic acids is 1. The second-order valence-electron chi connectivity index (χ2n) is 6.67. The Bertz CT molecular complexity index is 873. The van der Waals surface area contributed by atoms with Crippen LogP contribution in [0.15, 0.2) is 77.4 Å². The van der Waals surface area contributed by atoms with Crippen LogP contribution in [0, 0.1) is 0 Å². The van der Waals surface area contributed by atoms with Gasteiger partial charge in [0, 0.05) is 29.5 Å². The maximum absolute atomic E-state index is 13.2. The van der Waals surface area contributed by atoms with Crippen LogP contribution in [0.5, 0.6) is 0 Å². The van der Waals surface area contributed by atoms with E-state index in [9.17, 15) is 4.79 Å². The molecule has 0 atom stereocenters. The van der Waals surface area contributed by atoms with Crippen LogP contribution in [-0.4, -0.2) is 21.9 Å². The Hall–Kier alpha value is -2.33. The summed E-state index contributed by atoms with van der Waals surface area (Å²) in [4.78, 5) is 15.1. The number of hydrogen-bond donors (Lipinski definition) is 0. The predicted octanol–water partition coefficient (Wildman–Crippen LogP) is 5.74. The zero-order chi connectivity index (χ0) is 19.1. The summed E-state index contributed by atoms with van der Waals surface area (Å²) < 4.78 is 3.07. The van der Waals surface area contributed by atoms with E-state index in [1.807, 2.05) is 35.2 Å². The van der Waals surface area contributed by atoms with Gasteiger partial charge in [0.2, 0.25) is 0 Å². The molecule has 1 amide bonds. The lowest BCUT2D eigenvalue weighted by Gasteiger charge is -2.24. The zero-order valence-electron chi connectivity index (χ0n) is 15.6. The van der Waals surface area contributed by atoms with Crippen molar-refractivity contribution in [2.24, 2.45) is 0 Å². The molecule has 3 aromatic rings. The first-order chi connectivity index (χ1) is 13.2. The lowest BCUT2D eigenvalue weighted by molar-refractivity contribution is 0.0736. The van der Waals surface area contributed by atoms with Crippen LogP contribution < -0.4 is 0 Å². The highest BCUT2D eigenvalue weighted by atomic mass is 79.9. The van der Waals surface area contributed by atoms with E-state index in [4.69, 9.17) is 0 Å². The van der Waals surface area contributed by atoms with Crippen molar-refractivity contribution < 1.29 is 4.79 Å². The maximum Gasteiger partial charge on any atom is 0.255 e. The largest absolute Gasteiger partial charge is 0.345 e. The van der Waals surface area contributed by atoms with Gasteiger partial charge in [0.05, 0.1) is 12.1 Å². The van der Waals surface area contributed by atoms with E-state index in [2.05, 4.69) is 70.0 Å². The summed E-state index contributed by atoms with van der Waals surface area (Å²) in [5, 5.41) is 0. The van der Waals surface area contributed by atoms with Gasteiger partial charge in [0.15, 0.2) is 0 Å². The molecule has 0 saturated carbocycles. The van der Waals surface area contributed by atoms with Gasteiger partial charge >= 0.3 is 0 Å². The first-order valence-electron chi connectivity index (χ1n) is 9.40. The summed E-state index contributed by atoms with van der Waals surface area (Å²) >= 11 is 3.52. The van der Waals surface area contributed by atoms with Gasteiger partial charge < -0.3 is 9.47 Å². The van der Waals surface area contributed by atoms with Crippen LogP contribution in [-0.2, 0) is 13.1 Å². The predicted molar refractivity (Wildman–Crippen MR) is 114 cm³/mol. The minimum absolute atomic E-state index is 0.0726. The molecule has 0 aliphatic carbocycles. The van der Waals surface area contributed by atoms with Crippen molar-refractivity contribution in [2.45, 2.75) is 32.9 Å². The van der Waals surface area contributed by atoms with Gasteiger partial charge in [-0.05, 0) is 52.2 Å². The number of carbonyl (C=O) groups is 1. The summed E-state index contributed by atoms with van der Waals surface area (Å²) in [6.45, 7) is 4.33. The Morgan fingerprint density at radius 1 is 1.00 bits per heavy atom. The summed E-state index contributed by atoms with van der Waals surface area (Å²) in [6.07, 6.45) is 4.14. The van der Waals surface area contributed by atoms with Crippen LogP contribution >= 0.6 is 15.9 Å². The monoisotopic (exact) mass is 424 g/mol. The fourth-order valence-electron chi connectivity index (χ4n) is 3.13. The highest BCUT2D eigenvalue weighted by Crippen LogP contribution is 2.20. The summed E-state index contributed by atoms with van der Waals surface area (Å²) in [6, 6.07) is 22.2. The molecule has 2 aromatic carbocycles. The Balaban J connectivity index is 1.80. The van der Waals surface area contributed by atoms with Crippen molar-refractivity contribution in [3.05, 3.63) is 94.2 Å². The minimum Gasteiger partial charge on any atom is -0.345 e. The number of nitrogens with zero attached hydrogens (tertiary/aromatic N) is 2. The standard InChI is InChI=1S/C23H25BrN2O/c1-2-3-15-26(23(27)21-13-7-8-14-22(21)24)18-20-12-9-16-25(20)17-19-10-5-4-6-11-19/h4-14,16H,2-3,15,17-18H2,1H3. The molecule has 0 aliphatic heterocycles. The van der Waals surface area contributed by atoms with Gasteiger partial charge in [-0.3, -0.25) is 4.79 Å². The summed E-state index contributed by atoms with van der Waals surface area (Å²) in [5.74, 6) is 0.0726. The van der Waals surface area contributed by atoms with E-state index in [1.165, 1.54) is 5.56 Å². The molecule has 1 aromatic heterocycles. The third-order valence-electron chi connectivity index (χ3n) is 4.65. The normalized spacial score (nSPS) is 10.7. The van der Waals surface area contributed by atoms with E-state index in [0.717, 1.165) is 41.7 Å². The van der Waals surface area contributed by atoms with Gasteiger partial charge in [-0.2, -0.15) is 0 Å². The fourth-order valence-corrected chi connectivity index (χ4v) is 3.58. The number of unbranched alkanes of at least 4 members (excludes halogenated alkanes) is 1. The molecule has 0 aliphatic rings. The van der Waals surface area contributed by atoms with Crippen LogP contribution in [0.25, 0.3) is 0 Å². The van der Waals surface area contributed by atoms with Crippen LogP contribution in [0.3, 0.4) is 0 Å². The van der Waals surface area contributed by atoms with Gasteiger partial charge in [-0.25, -0.2) is 0 Å². The summed E-state index contributed by atoms with van der Waals surface area (Å²) in [7, 11) is 0. The van der Waals surface area contributed by atoms with Gasteiger partial charge in [-0.1, -0.05) is 55.8 Å². The quantitative estimate of drug-likeness (QED) is 0.452. The number of amides is 1. The molecule has 0 N–H and O–H groups in total. The molecular formula is C23H25BrN2O. The minimum atomic E-state index is 0.0726. The molecule has 140 valence electrons. The molecule has 27 heavy (non-hydrogen) atoms. The third-order valence-corrected chi connectivity index (χ3v) is 5.34. The van der Waals surface area contributed by atoms with Crippen molar-refractivity contribution >= 4 is 21.8 Å². The van der Waals surface area contributed by atoms with Crippen molar-refractivity contribution in [3.8, 4) is 0 Å².